The van der Waals surface area contributed by atoms with Crippen molar-refractivity contribution in [3.63, 3.8) is 0 Å². The zero-order valence-electron chi connectivity index (χ0n) is 4.59. The van der Waals surface area contributed by atoms with E-state index in [2.05, 4.69) is 5.32 Å². The summed E-state index contributed by atoms with van der Waals surface area (Å²) in [5.74, 6) is 0. The van der Waals surface area contributed by atoms with Crippen molar-refractivity contribution in [1.82, 2.24) is 5.32 Å². The van der Waals surface area contributed by atoms with Crippen LogP contribution in [0.4, 0.5) is 0 Å². The van der Waals surface area contributed by atoms with Gasteiger partial charge in [-0.2, -0.15) is 0 Å². The molecule has 0 atom stereocenters. The molecule has 1 aliphatic rings. The second-order valence-corrected chi connectivity index (χ2v) is 2.16. The fourth-order valence-corrected chi connectivity index (χ4v) is 0.879. The lowest BCUT2D eigenvalue weighted by atomic mass is 10.6. The molecule has 0 aliphatic carbocycles. The summed E-state index contributed by atoms with van der Waals surface area (Å²) < 4.78 is 9.92. The molecule has 0 aromatic carbocycles. The average Bonchev–Trinajstić information content (AvgIpc) is 1.62. The van der Waals surface area contributed by atoms with Gasteiger partial charge in [-0.1, -0.05) is 0 Å². The Bertz CT molecular complexity index is 38.0. The monoisotopic (exact) mass is 136 g/mol. The van der Waals surface area contributed by atoms with Crippen LogP contribution in [0.1, 0.15) is 0 Å². The zero-order valence-corrected chi connectivity index (χ0v) is 5.49. The zero-order chi connectivity index (χ0) is 5.66. The van der Waals surface area contributed by atoms with Crippen LogP contribution in [0.15, 0.2) is 0 Å². The van der Waals surface area contributed by atoms with Crippen LogP contribution in [0.2, 0.25) is 0 Å². The van der Waals surface area contributed by atoms with Crippen molar-refractivity contribution in [3.8, 4) is 0 Å². The predicted molar refractivity (Wildman–Crippen MR) is 33.5 cm³/mol. The summed E-state index contributed by atoms with van der Waals surface area (Å²) in [6.45, 7) is 3.38. The second-order valence-electron chi connectivity index (χ2n) is 1.49. The topological polar surface area (TPSA) is 30.5 Å². The molecule has 0 bridgehead atoms. The molecule has 1 fully saturated rings. The minimum absolute atomic E-state index is 0.670. The molecule has 0 aromatic heterocycles. The van der Waals surface area contributed by atoms with E-state index in [1.165, 1.54) is 0 Å². The third-order valence-electron chi connectivity index (χ3n) is 0.846. The highest BCUT2D eigenvalue weighted by molar-refractivity contribution is 7.68. The molecular weight excluding hydrogens is 126 g/mol. The molecule has 1 rings (SSSR count). The van der Waals surface area contributed by atoms with E-state index in [-0.39, 0.29) is 0 Å². The smallest absolute Gasteiger partial charge is 0.299 e. The second kappa shape index (κ2) is 4.14. The first-order valence-electron chi connectivity index (χ1n) is 2.65. The van der Waals surface area contributed by atoms with E-state index < -0.39 is 0 Å². The Morgan fingerprint density at radius 1 is 1.12 bits per heavy atom. The number of hydrogen-bond donors (Lipinski definition) is 1. The summed E-state index contributed by atoms with van der Waals surface area (Å²) in [6, 6.07) is 0. The largest absolute Gasteiger partial charge is 0.312 e. The molecular formula is C4H10NO2S+. The molecule has 0 saturated carbocycles. The van der Waals surface area contributed by atoms with Gasteiger partial charge in [0.25, 0.3) is 12.3 Å². The first-order chi connectivity index (χ1) is 4.00. The Balaban J connectivity index is 2.00. The maximum atomic E-state index is 4.96. The van der Waals surface area contributed by atoms with Crippen LogP contribution >= 0.6 is 0 Å². The van der Waals surface area contributed by atoms with Crippen LogP contribution in [-0.2, 0) is 20.7 Å². The molecule has 1 saturated heterocycles. The highest BCUT2D eigenvalue weighted by Gasteiger charge is 2.02. The average molecular weight is 136 g/mol. The summed E-state index contributed by atoms with van der Waals surface area (Å²) in [5, 5.41) is 3.13. The Morgan fingerprint density at radius 2 is 1.75 bits per heavy atom. The normalized spacial score (nSPS) is 24.0. The van der Waals surface area contributed by atoms with Crippen molar-refractivity contribution in [3.05, 3.63) is 0 Å². The van der Waals surface area contributed by atoms with E-state index >= 15 is 0 Å². The van der Waals surface area contributed by atoms with Crippen LogP contribution in [0.3, 0.4) is 0 Å². The van der Waals surface area contributed by atoms with Gasteiger partial charge < -0.3 is 5.32 Å². The van der Waals surface area contributed by atoms with Crippen LogP contribution in [0.25, 0.3) is 0 Å². The number of nitrogens with one attached hydrogen (secondary N) is 1. The predicted octanol–water partition coefficient (Wildman–Crippen LogP) is -0.732. The molecule has 3 nitrogen and oxygen atoms in total. The van der Waals surface area contributed by atoms with Gasteiger partial charge in [0, 0.05) is 13.1 Å². The van der Waals surface area contributed by atoms with Crippen molar-refractivity contribution in [2.75, 3.05) is 26.3 Å². The molecule has 0 radical (unpaired) electrons. The molecule has 1 heterocycles. The van der Waals surface area contributed by atoms with Gasteiger partial charge in [-0.15, -0.1) is 8.37 Å². The Kier molecular flexibility index (Phi) is 3.29. The van der Waals surface area contributed by atoms with Gasteiger partial charge in [-0.25, -0.2) is 0 Å². The van der Waals surface area contributed by atoms with E-state index in [1.54, 1.807) is 0 Å². The van der Waals surface area contributed by atoms with Crippen molar-refractivity contribution in [2.24, 2.45) is 0 Å². The summed E-state index contributed by atoms with van der Waals surface area (Å²) in [5.41, 5.74) is 0. The summed E-state index contributed by atoms with van der Waals surface area (Å²) in [7, 11) is 0. The molecule has 0 aromatic rings. The third kappa shape index (κ3) is 2.52. The molecule has 4 heteroatoms. The van der Waals surface area contributed by atoms with Crippen molar-refractivity contribution < 1.29 is 8.37 Å². The number of hydrogen-bond acceptors (Lipinski definition) is 3. The Hall–Kier alpha value is 0.230. The lowest BCUT2D eigenvalue weighted by Crippen LogP contribution is -2.26. The lowest BCUT2D eigenvalue weighted by molar-refractivity contribution is 0.254. The molecule has 8 heavy (non-hydrogen) atoms. The van der Waals surface area contributed by atoms with Gasteiger partial charge >= 0.3 is 0 Å². The standard InChI is InChI=1S/C4H9NO2S/c1-3-6-8-7-4-2-5-1/h5H,1-4H2/p+1. The molecule has 1 N–H and O–H groups in total. The quantitative estimate of drug-likeness (QED) is 0.352. The van der Waals surface area contributed by atoms with E-state index in [0.717, 1.165) is 26.3 Å². The maximum Gasteiger partial charge on any atom is 0.299 e. The maximum absolute atomic E-state index is 4.96. The number of rotatable bonds is 0. The van der Waals surface area contributed by atoms with Crippen LogP contribution < -0.4 is 5.32 Å². The first kappa shape index (κ1) is 6.35. The Morgan fingerprint density at radius 3 is 2.38 bits per heavy atom. The van der Waals surface area contributed by atoms with Gasteiger partial charge in [-0.3, -0.25) is 0 Å². The summed E-state index contributed by atoms with van der Waals surface area (Å²) in [4.78, 5) is 0. The minimum Gasteiger partial charge on any atom is -0.312 e. The third-order valence-corrected chi connectivity index (χ3v) is 1.42. The summed E-state index contributed by atoms with van der Waals surface area (Å²) >= 11 is 0.670. The molecule has 0 spiro atoms. The van der Waals surface area contributed by atoms with Crippen LogP contribution in [0.5, 0.6) is 0 Å². The molecule has 48 valence electrons. The highest BCUT2D eigenvalue weighted by atomic mass is 32.2. The van der Waals surface area contributed by atoms with E-state index in [0.29, 0.717) is 12.3 Å². The van der Waals surface area contributed by atoms with E-state index in [1.807, 2.05) is 0 Å². The Labute approximate surface area is 53.1 Å². The van der Waals surface area contributed by atoms with E-state index in [9.17, 15) is 0 Å². The minimum atomic E-state index is 0.670. The van der Waals surface area contributed by atoms with Gasteiger partial charge in [0.05, 0.1) is 0 Å². The SMILES string of the molecule is C1CO[SH+]OCCN1. The summed E-state index contributed by atoms with van der Waals surface area (Å²) in [6.07, 6.45) is 0. The first-order valence-corrected chi connectivity index (χ1v) is 3.38. The fraction of sp³-hybridized carbons (Fsp3) is 1.00. The molecule has 0 unspecified atom stereocenters. The van der Waals surface area contributed by atoms with Gasteiger partial charge in [0.2, 0.25) is 0 Å². The molecule has 0 amide bonds. The lowest BCUT2D eigenvalue weighted by Gasteiger charge is -2.02. The van der Waals surface area contributed by atoms with Crippen molar-refractivity contribution >= 4 is 12.3 Å². The highest BCUT2D eigenvalue weighted by Crippen LogP contribution is 1.84. The van der Waals surface area contributed by atoms with E-state index in [4.69, 9.17) is 8.37 Å². The van der Waals surface area contributed by atoms with Gasteiger partial charge in [0.15, 0.2) is 0 Å². The van der Waals surface area contributed by atoms with Crippen LogP contribution in [-0.4, -0.2) is 26.3 Å². The molecule has 1 aliphatic heterocycles. The fourth-order valence-electron chi connectivity index (χ4n) is 0.472. The number of thiol groups is 1. The van der Waals surface area contributed by atoms with Crippen molar-refractivity contribution in [1.29, 1.82) is 0 Å². The van der Waals surface area contributed by atoms with Gasteiger partial charge in [-0.05, 0) is 0 Å². The van der Waals surface area contributed by atoms with Gasteiger partial charge in [0.1, 0.15) is 13.2 Å². The van der Waals surface area contributed by atoms with Crippen LogP contribution in [0, 0.1) is 0 Å². The van der Waals surface area contributed by atoms with Crippen molar-refractivity contribution in [2.45, 2.75) is 0 Å².